The second kappa shape index (κ2) is 10.5. The molecule has 3 aromatic carbocycles. The molecule has 0 aliphatic heterocycles. The van der Waals surface area contributed by atoms with Gasteiger partial charge in [0.1, 0.15) is 24.0 Å². The molecule has 4 nitrogen and oxygen atoms in total. The number of anilines is 1. The number of nitrogens with zero attached hydrogens (tertiary/aromatic N) is 1. The van der Waals surface area contributed by atoms with Crippen LogP contribution in [0.25, 0.3) is 6.08 Å². The molecule has 0 saturated carbocycles. The number of hydrogen-bond donors (Lipinski definition) is 1. The number of ether oxygens (including phenoxy) is 1. The summed E-state index contributed by atoms with van der Waals surface area (Å²) in [5.74, 6) is 0.159. The summed E-state index contributed by atoms with van der Waals surface area (Å²) in [4.78, 5) is 12.4. The Morgan fingerprint density at radius 2 is 1.77 bits per heavy atom. The number of rotatable bonds is 6. The number of carbonyl (C=O) groups is 1. The molecule has 0 saturated heterocycles. The second-order valence-corrected chi connectivity index (χ2v) is 8.15. The van der Waals surface area contributed by atoms with Crippen molar-refractivity contribution >= 4 is 63.5 Å². The Morgan fingerprint density at radius 3 is 2.43 bits per heavy atom. The predicted molar refractivity (Wildman–Crippen MR) is 129 cm³/mol. The van der Waals surface area contributed by atoms with Gasteiger partial charge in [-0.15, -0.1) is 0 Å². The van der Waals surface area contributed by atoms with Crippen molar-refractivity contribution in [3.8, 4) is 11.8 Å². The van der Waals surface area contributed by atoms with Crippen LogP contribution in [0.4, 0.5) is 5.69 Å². The highest BCUT2D eigenvalue weighted by Crippen LogP contribution is 2.26. The van der Waals surface area contributed by atoms with Crippen LogP contribution in [0.15, 0.2) is 72.3 Å². The molecule has 1 N–H and O–H groups in total. The summed E-state index contributed by atoms with van der Waals surface area (Å²) >= 11 is 14.4. The predicted octanol–water partition coefficient (Wildman–Crippen LogP) is 6.72. The maximum Gasteiger partial charge on any atom is 0.266 e. The molecule has 3 aromatic rings. The number of halogens is 3. The molecule has 3 rings (SSSR count). The zero-order valence-corrected chi connectivity index (χ0v) is 19.2. The largest absolute Gasteiger partial charge is 0.488 e. The van der Waals surface area contributed by atoms with Gasteiger partial charge in [-0.3, -0.25) is 4.79 Å². The summed E-state index contributed by atoms with van der Waals surface area (Å²) in [5, 5.41) is 13.1. The lowest BCUT2D eigenvalue weighted by Crippen LogP contribution is -2.13. The monoisotopic (exact) mass is 548 g/mol. The van der Waals surface area contributed by atoms with Gasteiger partial charge >= 0.3 is 0 Å². The third-order valence-electron chi connectivity index (χ3n) is 4.10. The number of hydrogen-bond acceptors (Lipinski definition) is 3. The summed E-state index contributed by atoms with van der Waals surface area (Å²) in [6, 6.07) is 21.7. The minimum atomic E-state index is -0.528. The van der Waals surface area contributed by atoms with E-state index in [0.29, 0.717) is 33.7 Å². The Labute approximate surface area is 198 Å². The Balaban J connectivity index is 1.73. The van der Waals surface area contributed by atoms with Crippen molar-refractivity contribution in [2.45, 2.75) is 6.61 Å². The first-order valence-electron chi connectivity index (χ1n) is 8.81. The number of para-hydroxylation sites is 1. The first kappa shape index (κ1) is 22.2. The molecule has 0 spiro atoms. The van der Waals surface area contributed by atoms with E-state index in [1.807, 2.05) is 36.4 Å². The van der Waals surface area contributed by atoms with Crippen LogP contribution in [0.5, 0.6) is 5.75 Å². The molecule has 0 aromatic heterocycles. The minimum absolute atomic E-state index is 0.0320. The van der Waals surface area contributed by atoms with Gasteiger partial charge < -0.3 is 10.1 Å². The molecule has 0 aliphatic rings. The third kappa shape index (κ3) is 5.76. The Kier molecular flexibility index (Phi) is 7.75. The van der Waals surface area contributed by atoms with E-state index in [4.69, 9.17) is 27.9 Å². The lowest BCUT2D eigenvalue weighted by molar-refractivity contribution is -0.112. The fraction of sp³-hybridized carbons (Fsp3) is 0.0435. The maximum atomic E-state index is 12.4. The topological polar surface area (TPSA) is 62.1 Å². The van der Waals surface area contributed by atoms with Crippen molar-refractivity contribution in [2.24, 2.45) is 0 Å². The van der Waals surface area contributed by atoms with Crippen molar-refractivity contribution in [3.05, 3.63) is 97.0 Å². The van der Waals surface area contributed by atoms with Crippen LogP contribution in [0, 0.1) is 14.9 Å². The summed E-state index contributed by atoms with van der Waals surface area (Å²) in [6.07, 6.45) is 1.52. The van der Waals surface area contributed by atoms with E-state index in [9.17, 15) is 10.1 Å². The number of benzene rings is 3. The molecule has 0 bridgehead atoms. The molecular weight excluding hydrogens is 534 g/mol. The zero-order valence-electron chi connectivity index (χ0n) is 15.5. The van der Waals surface area contributed by atoms with E-state index in [2.05, 4.69) is 27.9 Å². The quantitative estimate of drug-likeness (QED) is 0.211. The Hall–Kier alpha value is -2.53. The first-order valence-corrected chi connectivity index (χ1v) is 10.6. The van der Waals surface area contributed by atoms with Crippen LogP contribution in [0.3, 0.4) is 0 Å². The second-order valence-electron chi connectivity index (χ2n) is 6.17. The molecule has 7 heteroatoms. The molecule has 30 heavy (non-hydrogen) atoms. The van der Waals surface area contributed by atoms with Crippen molar-refractivity contribution in [1.82, 2.24) is 0 Å². The molecular formula is C23H15Cl2IN2O2. The molecule has 150 valence electrons. The minimum Gasteiger partial charge on any atom is -0.488 e. The van der Waals surface area contributed by atoms with E-state index < -0.39 is 5.91 Å². The molecule has 0 radical (unpaired) electrons. The normalized spacial score (nSPS) is 10.9. The van der Waals surface area contributed by atoms with Crippen molar-refractivity contribution in [1.29, 1.82) is 5.26 Å². The lowest BCUT2D eigenvalue weighted by atomic mass is 10.1. The Morgan fingerprint density at radius 1 is 1.07 bits per heavy atom. The van der Waals surface area contributed by atoms with Gasteiger partial charge in [0.25, 0.3) is 5.91 Å². The van der Waals surface area contributed by atoms with Crippen LogP contribution >= 0.6 is 45.8 Å². The fourth-order valence-electron chi connectivity index (χ4n) is 2.56. The van der Waals surface area contributed by atoms with Crippen LogP contribution in [-0.2, 0) is 11.4 Å². The molecule has 0 heterocycles. The molecule has 0 aliphatic carbocycles. The number of carbonyl (C=O) groups excluding carboxylic acids is 1. The van der Waals surface area contributed by atoms with Gasteiger partial charge in [0.05, 0.1) is 14.3 Å². The smallest absolute Gasteiger partial charge is 0.266 e. The van der Waals surface area contributed by atoms with Crippen molar-refractivity contribution in [2.75, 3.05) is 5.32 Å². The zero-order chi connectivity index (χ0) is 21.5. The van der Waals surface area contributed by atoms with E-state index in [1.54, 1.807) is 36.4 Å². The summed E-state index contributed by atoms with van der Waals surface area (Å²) in [5.41, 5.74) is 2.01. The molecule has 0 unspecified atom stereocenters. The average molecular weight is 549 g/mol. The highest BCUT2D eigenvalue weighted by molar-refractivity contribution is 14.1. The van der Waals surface area contributed by atoms with Gasteiger partial charge in [-0.05, 0) is 64.6 Å². The van der Waals surface area contributed by atoms with Gasteiger partial charge in [0, 0.05) is 10.6 Å². The number of nitriles is 1. The maximum absolute atomic E-state index is 12.4. The third-order valence-corrected chi connectivity index (χ3v) is 5.64. The summed E-state index contributed by atoms with van der Waals surface area (Å²) < 4.78 is 6.70. The van der Waals surface area contributed by atoms with Gasteiger partial charge in [-0.2, -0.15) is 5.26 Å². The fourth-order valence-corrected chi connectivity index (χ4v) is 3.63. The van der Waals surface area contributed by atoms with Crippen molar-refractivity contribution < 1.29 is 9.53 Å². The van der Waals surface area contributed by atoms with Crippen molar-refractivity contribution in [3.63, 3.8) is 0 Å². The van der Waals surface area contributed by atoms with Gasteiger partial charge in [0.2, 0.25) is 0 Å². The molecule has 0 atom stereocenters. The van der Waals surface area contributed by atoms with Crippen LogP contribution in [0.2, 0.25) is 10.0 Å². The van der Waals surface area contributed by atoms with Gasteiger partial charge in [-0.1, -0.05) is 59.6 Å². The van der Waals surface area contributed by atoms with Crippen LogP contribution in [-0.4, -0.2) is 5.91 Å². The molecule has 1 amide bonds. The van der Waals surface area contributed by atoms with Crippen LogP contribution < -0.4 is 10.1 Å². The highest BCUT2D eigenvalue weighted by atomic mass is 127. The standard InChI is InChI=1S/C23H15Cl2IN2O2/c24-18-6-2-1-5-16(18)14-30-22-10-9-15(12-20(22)26)11-17(13-27)23(29)28-21-8-4-3-7-19(21)25/h1-12H,14H2,(H,28,29)/b17-11+. The summed E-state index contributed by atoms with van der Waals surface area (Å²) in [7, 11) is 0. The van der Waals surface area contributed by atoms with E-state index in [1.165, 1.54) is 6.08 Å². The van der Waals surface area contributed by atoms with E-state index in [0.717, 1.165) is 9.13 Å². The highest BCUT2D eigenvalue weighted by Gasteiger charge is 2.12. The number of amides is 1. The lowest BCUT2D eigenvalue weighted by Gasteiger charge is -2.10. The van der Waals surface area contributed by atoms with E-state index >= 15 is 0 Å². The van der Waals surface area contributed by atoms with E-state index in [-0.39, 0.29) is 5.57 Å². The average Bonchev–Trinajstić information content (AvgIpc) is 2.74. The van der Waals surface area contributed by atoms with Gasteiger partial charge in [0.15, 0.2) is 0 Å². The number of nitrogens with one attached hydrogen (secondary N) is 1. The summed E-state index contributed by atoms with van der Waals surface area (Å²) in [6.45, 7) is 0.342. The Bertz CT molecular complexity index is 1160. The van der Waals surface area contributed by atoms with Crippen LogP contribution in [0.1, 0.15) is 11.1 Å². The SMILES string of the molecule is N#C/C(=C\c1ccc(OCc2ccccc2Cl)c(I)c1)C(=O)Nc1ccccc1Cl. The first-order chi connectivity index (χ1) is 14.5. The molecule has 0 fully saturated rings. The van der Waals surface area contributed by atoms with Gasteiger partial charge in [-0.25, -0.2) is 0 Å².